The standard InChI is InChI=1S/C20H18FN3O2/c1-3-24-10-14-17(20(24)25)18(22)12-8-9-13(21)16(19(12)23-14)11-6-4-5-7-15(11)26-2/h4-9H,3,10H2,1-2H3,(H2,22,23). The molecule has 0 fully saturated rings. The molecule has 2 aromatic carbocycles. The summed E-state index contributed by atoms with van der Waals surface area (Å²) in [6.45, 7) is 2.85. The molecule has 4 rings (SSSR count). The summed E-state index contributed by atoms with van der Waals surface area (Å²) in [5, 5.41) is 0.567. The molecule has 3 aromatic rings. The Labute approximate surface area is 150 Å². The smallest absolute Gasteiger partial charge is 0.258 e. The highest BCUT2D eigenvalue weighted by atomic mass is 19.1. The molecule has 0 atom stereocenters. The van der Waals surface area contributed by atoms with Gasteiger partial charge in [0.2, 0.25) is 0 Å². The Morgan fingerprint density at radius 2 is 2.00 bits per heavy atom. The van der Waals surface area contributed by atoms with Crippen molar-refractivity contribution in [1.82, 2.24) is 9.88 Å². The van der Waals surface area contributed by atoms with Crippen LogP contribution >= 0.6 is 0 Å². The number of hydrogen-bond acceptors (Lipinski definition) is 4. The molecule has 0 bridgehead atoms. The number of anilines is 1. The van der Waals surface area contributed by atoms with Crippen LogP contribution in [0.25, 0.3) is 22.0 Å². The molecule has 26 heavy (non-hydrogen) atoms. The Balaban J connectivity index is 2.06. The maximum absolute atomic E-state index is 14.8. The highest BCUT2D eigenvalue weighted by Gasteiger charge is 2.32. The minimum absolute atomic E-state index is 0.127. The summed E-state index contributed by atoms with van der Waals surface area (Å²) < 4.78 is 20.2. The number of amides is 1. The number of hydrogen-bond donors (Lipinski definition) is 1. The first-order valence-electron chi connectivity index (χ1n) is 8.40. The molecule has 0 aliphatic carbocycles. The monoisotopic (exact) mass is 351 g/mol. The first-order chi connectivity index (χ1) is 12.6. The van der Waals surface area contributed by atoms with Crippen molar-refractivity contribution < 1.29 is 13.9 Å². The molecule has 2 heterocycles. The van der Waals surface area contributed by atoms with Gasteiger partial charge in [-0.1, -0.05) is 18.2 Å². The average molecular weight is 351 g/mol. The third kappa shape index (κ3) is 2.22. The van der Waals surface area contributed by atoms with E-state index in [4.69, 9.17) is 10.5 Å². The van der Waals surface area contributed by atoms with E-state index in [0.717, 1.165) is 0 Å². The third-order valence-electron chi connectivity index (χ3n) is 4.82. The number of carbonyl (C=O) groups excluding carboxylic acids is 1. The minimum atomic E-state index is -0.412. The zero-order valence-corrected chi connectivity index (χ0v) is 14.5. The molecular weight excluding hydrogens is 333 g/mol. The van der Waals surface area contributed by atoms with E-state index in [1.165, 1.54) is 6.07 Å². The van der Waals surface area contributed by atoms with Crippen molar-refractivity contribution in [1.29, 1.82) is 0 Å². The van der Waals surface area contributed by atoms with Gasteiger partial charge < -0.3 is 15.4 Å². The highest BCUT2D eigenvalue weighted by molar-refractivity contribution is 6.11. The Morgan fingerprint density at radius 3 is 2.73 bits per heavy atom. The van der Waals surface area contributed by atoms with Gasteiger partial charge in [-0.25, -0.2) is 9.37 Å². The summed E-state index contributed by atoms with van der Waals surface area (Å²) in [4.78, 5) is 18.8. The van der Waals surface area contributed by atoms with Crippen LogP contribution in [0.15, 0.2) is 36.4 Å². The van der Waals surface area contributed by atoms with Crippen LogP contribution in [0.4, 0.5) is 10.1 Å². The average Bonchev–Trinajstić information content (AvgIpc) is 2.97. The van der Waals surface area contributed by atoms with Gasteiger partial charge >= 0.3 is 0 Å². The molecule has 132 valence electrons. The van der Waals surface area contributed by atoms with Crippen molar-refractivity contribution >= 4 is 22.5 Å². The molecule has 6 heteroatoms. The van der Waals surface area contributed by atoms with Crippen LogP contribution in [0.1, 0.15) is 23.0 Å². The third-order valence-corrected chi connectivity index (χ3v) is 4.82. The van der Waals surface area contributed by atoms with Gasteiger partial charge in [0, 0.05) is 23.1 Å². The van der Waals surface area contributed by atoms with Crippen molar-refractivity contribution in [3.63, 3.8) is 0 Å². The first-order valence-corrected chi connectivity index (χ1v) is 8.40. The van der Waals surface area contributed by atoms with Gasteiger partial charge in [0.1, 0.15) is 11.6 Å². The van der Waals surface area contributed by atoms with Crippen LogP contribution in [-0.2, 0) is 6.54 Å². The lowest BCUT2D eigenvalue weighted by molar-refractivity contribution is 0.0787. The molecule has 0 unspecified atom stereocenters. The Kier molecular flexibility index (Phi) is 3.76. The largest absolute Gasteiger partial charge is 0.496 e. The molecule has 0 saturated carbocycles. The van der Waals surface area contributed by atoms with E-state index in [2.05, 4.69) is 4.98 Å². The molecular formula is C20H18FN3O2. The van der Waals surface area contributed by atoms with E-state index in [1.54, 1.807) is 30.2 Å². The van der Waals surface area contributed by atoms with Gasteiger partial charge in [0.05, 0.1) is 36.1 Å². The van der Waals surface area contributed by atoms with E-state index in [-0.39, 0.29) is 5.91 Å². The second-order valence-electron chi connectivity index (χ2n) is 6.19. The summed E-state index contributed by atoms with van der Waals surface area (Å²) in [5.74, 6) is 0.00844. The number of fused-ring (bicyclic) bond motifs is 2. The maximum atomic E-state index is 14.8. The van der Waals surface area contributed by atoms with Gasteiger partial charge in [-0.15, -0.1) is 0 Å². The van der Waals surface area contributed by atoms with Gasteiger partial charge in [0.25, 0.3) is 5.91 Å². The number of nitrogens with zero attached hydrogens (tertiary/aromatic N) is 2. The van der Waals surface area contributed by atoms with Crippen molar-refractivity contribution in [2.75, 3.05) is 19.4 Å². The van der Waals surface area contributed by atoms with Crippen LogP contribution < -0.4 is 10.5 Å². The molecule has 1 aromatic heterocycles. The SMILES string of the molecule is CCN1Cc2nc3c(-c4ccccc4OC)c(F)ccc3c(N)c2C1=O. The number of halogens is 1. The van der Waals surface area contributed by atoms with Crippen molar-refractivity contribution in [2.24, 2.45) is 0 Å². The number of methoxy groups -OCH3 is 1. The predicted octanol–water partition coefficient (Wildman–Crippen LogP) is 3.61. The van der Waals surface area contributed by atoms with Crippen molar-refractivity contribution in [3.05, 3.63) is 53.5 Å². The van der Waals surface area contributed by atoms with E-state index in [0.29, 0.717) is 57.8 Å². The Hall–Kier alpha value is -3.15. The molecule has 1 aliphatic heterocycles. The molecule has 2 N–H and O–H groups in total. The van der Waals surface area contributed by atoms with Gasteiger partial charge in [0.15, 0.2) is 0 Å². The van der Waals surface area contributed by atoms with E-state index in [9.17, 15) is 9.18 Å². The molecule has 5 nitrogen and oxygen atoms in total. The number of ether oxygens (including phenoxy) is 1. The fourth-order valence-corrected chi connectivity index (χ4v) is 3.51. The van der Waals surface area contributed by atoms with Crippen LogP contribution in [0, 0.1) is 5.82 Å². The lowest BCUT2D eigenvalue weighted by Gasteiger charge is -2.14. The normalized spacial score (nSPS) is 13.3. The van der Waals surface area contributed by atoms with E-state index >= 15 is 0 Å². The number of benzene rings is 2. The number of para-hydroxylation sites is 1. The second-order valence-corrected chi connectivity index (χ2v) is 6.19. The zero-order valence-electron chi connectivity index (χ0n) is 14.5. The number of nitrogen functional groups attached to an aromatic ring is 1. The molecule has 0 saturated heterocycles. The van der Waals surface area contributed by atoms with Crippen LogP contribution in [0.2, 0.25) is 0 Å². The van der Waals surface area contributed by atoms with Crippen LogP contribution in [-0.4, -0.2) is 29.4 Å². The summed E-state index contributed by atoms with van der Waals surface area (Å²) in [5.41, 5.74) is 9.04. The summed E-state index contributed by atoms with van der Waals surface area (Å²) in [7, 11) is 1.54. The summed E-state index contributed by atoms with van der Waals surface area (Å²) in [6.07, 6.45) is 0. The topological polar surface area (TPSA) is 68.5 Å². The minimum Gasteiger partial charge on any atom is -0.496 e. The fourth-order valence-electron chi connectivity index (χ4n) is 3.51. The number of nitrogens with two attached hydrogens (primary N) is 1. The number of carbonyl (C=O) groups is 1. The molecule has 1 amide bonds. The fraction of sp³-hybridized carbons (Fsp3) is 0.200. The lowest BCUT2D eigenvalue weighted by atomic mass is 9.98. The number of pyridine rings is 1. The predicted molar refractivity (Wildman–Crippen MR) is 98.5 cm³/mol. The molecule has 1 aliphatic rings. The second kappa shape index (κ2) is 5.98. The Bertz CT molecular complexity index is 1050. The van der Waals surface area contributed by atoms with Gasteiger partial charge in [-0.05, 0) is 25.1 Å². The van der Waals surface area contributed by atoms with Crippen LogP contribution in [0.5, 0.6) is 5.75 Å². The Morgan fingerprint density at radius 1 is 1.23 bits per heavy atom. The highest BCUT2D eigenvalue weighted by Crippen LogP contribution is 2.40. The number of rotatable bonds is 3. The summed E-state index contributed by atoms with van der Waals surface area (Å²) >= 11 is 0. The van der Waals surface area contributed by atoms with Crippen molar-refractivity contribution in [2.45, 2.75) is 13.5 Å². The summed E-state index contributed by atoms with van der Waals surface area (Å²) in [6, 6.07) is 10.1. The lowest BCUT2D eigenvalue weighted by Crippen LogP contribution is -2.23. The van der Waals surface area contributed by atoms with E-state index < -0.39 is 5.82 Å². The molecule has 0 spiro atoms. The number of aromatic nitrogens is 1. The maximum Gasteiger partial charge on any atom is 0.258 e. The van der Waals surface area contributed by atoms with Crippen molar-refractivity contribution in [3.8, 4) is 16.9 Å². The molecule has 0 radical (unpaired) electrons. The van der Waals surface area contributed by atoms with Crippen LogP contribution in [0.3, 0.4) is 0 Å². The zero-order chi connectivity index (χ0) is 18.4. The van der Waals surface area contributed by atoms with Gasteiger partial charge in [-0.3, -0.25) is 4.79 Å². The first kappa shape index (κ1) is 16.3. The van der Waals surface area contributed by atoms with Gasteiger partial charge in [-0.2, -0.15) is 0 Å². The quantitative estimate of drug-likeness (QED) is 0.783. The van der Waals surface area contributed by atoms with E-state index in [1.807, 2.05) is 19.1 Å².